The van der Waals surface area contributed by atoms with Crippen LogP contribution in [0.1, 0.15) is 50.9 Å². The maximum atomic E-state index is 13.5. The van der Waals surface area contributed by atoms with Crippen molar-refractivity contribution in [3.63, 3.8) is 0 Å². The van der Waals surface area contributed by atoms with Crippen molar-refractivity contribution in [1.82, 2.24) is 54.9 Å². The number of aromatic nitrogens is 11. The Labute approximate surface area is 207 Å². The molecule has 1 unspecified atom stereocenters. The number of aryl methyl sites for hydroxylation is 1. The second kappa shape index (κ2) is 10.0. The molecule has 184 valence electrons. The normalized spacial score (nSPS) is 12.2. The van der Waals surface area contributed by atoms with E-state index in [-0.39, 0.29) is 11.7 Å². The molecular weight excluding hydrogens is 458 g/mol. The zero-order valence-electron chi connectivity index (χ0n) is 20.4. The van der Waals surface area contributed by atoms with Crippen molar-refractivity contribution in [3.05, 3.63) is 70.5 Å². The fourth-order valence-electron chi connectivity index (χ4n) is 4.15. The van der Waals surface area contributed by atoms with Crippen LogP contribution in [-0.2, 0) is 13.0 Å². The summed E-state index contributed by atoms with van der Waals surface area (Å²) in [5, 5.41) is 26.2. The van der Waals surface area contributed by atoms with Gasteiger partial charge in [0.05, 0.1) is 18.3 Å². The molecule has 0 saturated carbocycles. The standard InChI is InChI=1S/C24H27N11O/c1-4-8-18-15-34(23-28-31-32-35(23)16(3)5-2)24(36)33(18)14-17-11-12-21(25-13-17)19-9-6-7-10-20(19)22-26-29-30-27-22/h6-7,9-13,15-16H,4-5,8,14H2,1-3H3,(H,26,27,29,30). The molecule has 0 bridgehead atoms. The molecule has 0 spiro atoms. The zero-order chi connectivity index (χ0) is 25.1. The van der Waals surface area contributed by atoms with Gasteiger partial charge in [-0.1, -0.05) is 55.7 Å². The van der Waals surface area contributed by atoms with E-state index in [1.54, 1.807) is 20.0 Å². The first kappa shape index (κ1) is 23.3. The van der Waals surface area contributed by atoms with Crippen LogP contribution in [0.3, 0.4) is 0 Å². The largest absolute Gasteiger partial charge is 0.335 e. The van der Waals surface area contributed by atoms with Crippen molar-refractivity contribution in [2.75, 3.05) is 0 Å². The summed E-state index contributed by atoms with van der Waals surface area (Å²) in [6.45, 7) is 6.57. The molecule has 5 rings (SSSR count). The lowest BCUT2D eigenvalue weighted by Gasteiger charge is -2.10. The first-order valence-corrected chi connectivity index (χ1v) is 12.0. The summed E-state index contributed by atoms with van der Waals surface area (Å²) in [5.74, 6) is 1.01. The predicted octanol–water partition coefficient (Wildman–Crippen LogP) is 2.84. The van der Waals surface area contributed by atoms with Crippen molar-refractivity contribution in [2.24, 2.45) is 0 Å². The molecule has 5 aromatic rings. The van der Waals surface area contributed by atoms with Gasteiger partial charge in [0, 0.05) is 29.2 Å². The van der Waals surface area contributed by atoms with E-state index in [0.29, 0.717) is 18.3 Å². The van der Waals surface area contributed by atoms with Crippen LogP contribution in [0.25, 0.3) is 28.6 Å². The predicted molar refractivity (Wildman–Crippen MR) is 132 cm³/mol. The summed E-state index contributed by atoms with van der Waals surface area (Å²) in [7, 11) is 0. The van der Waals surface area contributed by atoms with Gasteiger partial charge >= 0.3 is 5.69 Å². The second-order valence-electron chi connectivity index (χ2n) is 8.64. The molecule has 12 heteroatoms. The minimum Gasteiger partial charge on any atom is -0.291 e. The van der Waals surface area contributed by atoms with E-state index in [1.165, 1.54) is 0 Å². The molecule has 0 amide bonds. The van der Waals surface area contributed by atoms with Crippen molar-refractivity contribution < 1.29 is 0 Å². The van der Waals surface area contributed by atoms with E-state index in [9.17, 15) is 4.79 Å². The molecule has 1 N–H and O–H groups in total. The maximum Gasteiger partial charge on any atom is 0.335 e. The third-order valence-electron chi connectivity index (χ3n) is 6.24. The Morgan fingerprint density at radius 2 is 1.86 bits per heavy atom. The molecule has 12 nitrogen and oxygen atoms in total. The van der Waals surface area contributed by atoms with Crippen LogP contribution >= 0.6 is 0 Å². The second-order valence-corrected chi connectivity index (χ2v) is 8.64. The minimum absolute atomic E-state index is 0.0761. The van der Waals surface area contributed by atoms with Gasteiger partial charge in [-0.25, -0.2) is 19.1 Å². The van der Waals surface area contributed by atoms with Gasteiger partial charge in [-0.05, 0) is 52.2 Å². The fourth-order valence-corrected chi connectivity index (χ4v) is 4.15. The van der Waals surface area contributed by atoms with Crippen LogP contribution in [0.4, 0.5) is 0 Å². The lowest BCUT2D eigenvalue weighted by Crippen LogP contribution is -2.27. The molecule has 36 heavy (non-hydrogen) atoms. The Bertz CT molecular complexity index is 1500. The van der Waals surface area contributed by atoms with Crippen molar-refractivity contribution in [1.29, 1.82) is 0 Å². The molecule has 1 aromatic carbocycles. The van der Waals surface area contributed by atoms with Gasteiger partial charge < -0.3 is 0 Å². The summed E-state index contributed by atoms with van der Waals surface area (Å²) in [6.07, 6.45) is 6.16. The Kier molecular flexibility index (Phi) is 6.48. The highest BCUT2D eigenvalue weighted by Crippen LogP contribution is 2.28. The highest BCUT2D eigenvalue weighted by Gasteiger charge is 2.19. The number of rotatable bonds is 9. The minimum atomic E-state index is -0.176. The molecule has 4 heterocycles. The number of tetrazole rings is 2. The number of imidazole rings is 1. The van der Waals surface area contributed by atoms with Crippen molar-refractivity contribution in [2.45, 2.75) is 52.6 Å². The summed E-state index contributed by atoms with van der Waals surface area (Å²) in [5.41, 5.74) is 4.22. The number of nitrogens with one attached hydrogen (secondary N) is 1. The Balaban J connectivity index is 1.47. The highest BCUT2D eigenvalue weighted by atomic mass is 16.2. The number of H-pyrrole nitrogens is 1. The van der Waals surface area contributed by atoms with E-state index in [1.807, 2.05) is 49.5 Å². The Morgan fingerprint density at radius 1 is 1.03 bits per heavy atom. The summed E-state index contributed by atoms with van der Waals surface area (Å²) in [4.78, 5) is 18.2. The smallest absolute Gasteiger partial charge is 0.291 e. The lowest BCUT2D eigenvalue weighted by molar-refractivity contribution is 0.456. The van der Waals surface area contributed by atoms with Crippen LogP contribution < -0.4 is 5.69 Å². The summed E-state index contributed by atoms with van der Waals surface area (Å²) in [6, 6.07) is 11.8. The van der Waals surface area contributed by atoms with E-state index in [2.05, 4.69) is 55.0 Å². The van der Waals surface area contributed by atoms with Gasteiger partial charge in [0.15, 0.2) is 5.82 Å². The average Bonchev–Trinajstić information content (AvgIpc) is 3.67. The van der Waals surface area contributed by atoms with Crippen LogP contribution in [0.5, 0.6) is 0 Å². The fraction of sp³-hybridized carbons (Fsp3) is 0.333. The Morgan fingerprint density at radius 3 is 2.56 bits per heavy atom. The van der Waals surface area contributed by atoms with Gasteiger partial charge in [0.1, 0.15) is 0 Å². The molecule has 0 saturated heterocycles. The van der Waals surface area contributed by atoms with E-state index >= 15 is 0 Å². The molecular formula is C24H27N11O. The van der Waals surface area contributed by atoms with E-state index in [4.69, 9.17) is 0 Å². The molecule has 0 fully saturated rings. The monoisotopic (exact) mass is 485 g/mol. The van der Waals surface area contributed by atoms with Gasteiger partial charge in [0.2, 0.25) is 0 Å². The zero-order valence-corrected chi connectivity index (χ0v) is 20.4. The van der Waals surface area contributed by atoms with Gasteiger partial charge in [-0.3, -0.25) is 9.55 Å². The Hall–Kier alpha value is -4.48. The van der Waals surface area contributed by atoms with Gasteiger partial charge in [-0.2, -0.15) is 0 Å². The third kappa shape index (κ3) is 4.32. The van der Waals surface area contributed by atoms with E-state index < -0.39 is 0 Å². The van der Waals surface area contributed by atoms with Gasteiger partial charge in [0.25, 0.3) is 5.95 Å². The maximum absolute atomic E-state index is 13.5. The first-order valence-electron chi connectivity index (χ1n) is 12.0. The van der Waals surface area contributed by atoms with E-state index in [0.717, 1.165) is 47.3 Å². The van der Waals surface area contributed by atoms with Gasteiger partial charge in [-0.15, -0.1) is 5.10 Å². The number of hydrogen-bond donors (Lipinski definition) is 1. The van der Waals surface area contributed by atoms with Crippen LogP contribution in [0, 0.1) is 0 Å². The summed E-state index contributed by atoms with van der Waals surface area (Å²) < 4.78 is 5.00. The van der Waals surface area contributed by atoms with Crippen LogP contribution in [0.15, 0.2) is 53.6 Å². The van der Waals surface area contributed by atoms with Crippen LogP contribution in [0.2, 0.25) is 0 Å². The third-order valence-corrected chi connectivity index (χ3v) is 6.24. The summed E-state index contributed by atoms with van der Waals surface area (Å²) >= 11 is 0. The first-order chi connectivity index (χ1) is 17.6. The highest BCUT2D eigenvalue weighted by molar-refractivity contribution is 5.78. The lowest BCUT2D eigenvalue weighted by atomic mass is 10.0. The number of hydrogen-bond acceptors (Lipinski definition) is 8. The van der Waals surface area contributed by atoms with Crippen molar-refractivity contribution in [3.8, 4) is 28.6 Å². The number of nitrogens with zero attached hydrogens (tertiary/aromatic N) is 10. The quantitative estimate of drug-likeness (QED) is 0.336. The average molecular weight is 486 g/mol. The molecule has 0 aliphatic rings. The topological polar surface area (TPSA) is 138 Å². The number of pyridine rings is 1. The molecule has 1 atom stereocenters. The molecule has 0 aliphatic heterocycles. The molecule has 0 aliphatic carbocycles. The van der Waals surface area contributed by atoms with Crippen LogP contribution in [-0.4, -0.2) is 54.9 Å². The molecule has 0 radical (unpaired) electrons. The number of aromatic amines is 1. The van der Waals surface area contributed by atoms with Crippen molar-refractivity contribution >= 4 is 0 Å². The SMILES string of the molecule is CCCc1cn(-c2nnnn2C(C)CC)c(=O)n1Cc1ccc(-c2ccccc2-c2nnn[nH]2)nc1. The molecule has 4 aromatic heterocycles. The number of benzene rings is 1.